The zero-order valence-corrected chi connectivity index (χ0v) is 19.2. The highest BCUT2D eigenvalue weighted by molar-refractivity contribution is 5.90. The van der Waals surface area contributed by atoms with Gasteiger partial charge in [0.1, 0.15) is 11.0 Å². The Morgan fingerprint density at radius 2 is 1.29 bits per heavy atom. The molecular weight excluding hydrogens is 390 g/mol. The van der Waals surface area contributed by atoms with E-state index in [4.69, 9.17) is 4.74 Å². The van der Waals surface area contributed by atoms with Crippen LogP contribution in [0.2, 0.25) is 0 Å². The third-order valence-electron chi connectivity index (χ3n) is 5.71. The molecule has 2 rings (SSSR count). The maximum atomic E-state index is 12.1. The molecule has 0 aliphatic carbocycles. The van der Waals surface area contributed by atoms with Crippen molar-refractivity contribution in [1.82, 2.24) is 15.0 Å². The average Bonchev–Trinajstić information content (AvgIpc) is 3.21. The van der Waals surface area contributed by atoms with Crippen molar-refractivity contribution in [2.45, 2.75) is 110 Å². The average molecular weight is 430 g/mol. The van der Waals surface area contributed by atoms with E-state index in [1.54, 1.807) is 18.2 Å². The summed E-state index contributed by atoms with van der Waals surface area (Å²) in [4.78, 5) is 24.0. The van der Waals surface area contributed by atoms with Crippen molar-refractivity contribution < 1.29 is 14.3 Å². The van der Waals surface area contributed by atoms with Gasteiger partial charge in [-0.1, -0.05) is 114 Å². The van der Waals surface area contributed by atoms with Gasteiger partial charge in [-0.15, -0.1) is 9.78 Å². The topological polar surface area (TPSA) is 74.1 Å². The molecule has 0 fully saturated rings. The molecule has 0 bridgehead atoms. The van der Waals surface area contributed by atoms with Gasteiger partial charge in [-0.3, -0.25) is 4.79 Å². The molecule has 0 unspecified atom stereocenters. The molecule has 0 aliphatic heterocycles. The maximum absolute atomic E-state index is 12.1. The van der Waals surface area contributed by atoms with Crippen LogP contribution in [0.5, 0.6) is 0 Å². The van der Waals surface area contributed by atoms with E-state index >= 15 is 0 Å². The Morgan fingerprint density at radius 1 is 0.774 bits per heavy atom. The van der Waals surface area contributed by atoms with Gasteiger partial charge in [0.05, 0.1) is 0 Å². The third-order valence-corrected chi connectivity index (χ3v) is 5.71. The molecule has 2 aromatic rings. The Bertz CT molecular complexity index is 772. The van der Waals surface area contributed by atoms with E-state index in [1.807, 2.05) is 6.07 Å². The summed E-state index contributed by atoms with van der Waals surface area (Å²) < 4.78 is 5.93. The first kappa shape index (κ1) is 25.0. The molecule has 1 heterocycles. The fourth-order valence-electron chi connectivity index (χ4n) is 3.84. The maximum Gasteiger partial charge on any atom is 0.444 e. The van der Waals surface area contributed by atoms with Gasteiger partial charge in [-0.2, -0.15) is 0 Å². The quantitative estimate of drug-likeness (QED) is 0.160. The van der Waals surface area contributed by atoms with Crippen LogP contribution in [0.4, 0.5) is 4.79 Å². The predicted molar refractivity (Wildman–Crippen MR) is 124 cm³/mol. The molecule has 31 heavy (non-hydrogen) atoms. The fourth-order valence-corrected chi connectivity index (χ4v) is 3.84. The molecule has 172 valence electrons. The summed E-state index contributed by atoms with van der Waals surface area (Å²) in [5.74, 6) is -0.501. The fraction of sp³-hybridized carbons (Fsp3) is 0.680. The molecule has 0 N–H and O–H groups in total. The lowest BCUT2D eigenvalue weighted by Crippen LogP contribution is -2.19. The van der Waals surface area contributed by atoms with Crippen LogP contribution < -0.4 is 0 Å². The Balaban J connectivity index is 1.41. The van der Waals surface area contributed by atoms with Crippen LogP contribution in [-0.4, -0.2) is 27.1 Å². The molecular formula is C25H39N3O3. The van der Waals surface area contributed by atoms with Gasteiger partial charge < -0.3 is 4.74 Å². The van der Waals surface area contributed by atoms with E-state index in [9.17, 15) is 9.59 Å². The lowest BCUT2D eigenvalue weighted by Gasteiger charge is -2.04. The number of fused-ring (bicyclic) bond motifs is 1. The van der Waals surface area contributed by atoms with Gasteiger partial charge in [0.2, 0.25) is 0 Å². The van der Waals surface area contributed by atoms with Gasteiger partial charge in [-0.05, 0) is 18.6 Å². The Morgan fingerprint density at radius 3 is 1.87 bits per heavy atom. The number of unbranched alkanes of at least 4 members (excludes halogenated alkanes) is 14. The number of benzene rings is 1. The molecule has 0 radical (unpaired) electrons. The van der Waals surface area contributed by atoms with Gasteiger partial charge in [0.15, 0.2) is 0 Å². The van der Waals surface area contributed by atoms with Crippen molar-refractivity contribution in [2.24, 2.45) is 0 Å². The number of para-hydroxylation sites is 1. The molecule has 0 aliphatic rings. The van der Waals surface area contributed by atoms with Crippen molar-refractivity contribution in [2.75, 3.05) is 0 Å². The second-order valence-corrected chi connectivity index (χ2v) is 8.43. The molecule has 0 atom stereocenters. The molecule has 0 spiro atoms. The van der Waals surface area contributed by atoms with Crippen LogP contribution in [0, 0.1) is 0 Å². The number of carbonyl (C=O) groups is 2. The van der Waals surface area contributed by atoms with E-state index < -0.39 is 12.1 Å². The molecule has 0 saturated carbocycles. The summed E-state index contributed by atoms with van der Waals surface area (Å²) in [7, 11) is 0. The van der Waals surface area contributed by atoms with Crippen LogP contribution >= 0.6 is 0 Å². The number of nitrogens with zero attached hydrogens (tertiary/aromatic N) is 3. The van der Waals surface area contributed by atoms with Crippen molar-refractivity contribution >= 4 is 23.1 Å². The van der Waals surface area contributed by atoms with Crippen molar-refractivity contribution in [1.29, 1.82) is 0 Å². The second kappa shape index (κ2) is 15.5. The number of hydrogen-bond acceptors (Lipinski definition) is 5. The van der Waals surface area contributed by atoms with Crippen LogP contribution in [0.1, 0.15) is 110 Å². The Labute approximate surface area is 186 Å². The first-order chi connectivity index (χ1) is 15.2. The Hall–Kier alpha value is -2.24. The molecule has 6 heteroatoms. The summed E-state index contributed by atoms with van der Waals surface area (Å²) in [6, 6.07) is 7.07. The van der Waals surface area contributed by atoms with Crippen LogP contribution in [-0.2, 0) is 9.53 Å². The van der Waals surface area contributed by atoms with Crippen molar-refractivity contribution in [3.63, 3.8) is 0 Å². The number of ether oxygens (including phenoxy) is 1. The predicted octanol–water partition coefficient (Wildman–Crippen LogP) is 7.20. The Kier molecular flexibility index (Phi) is 12.5. The summed E-state index contributed by atoms with van der Waals surface area (Å²) in [5.41, 5.74) is 1.13. The highest BCUT2D eigenvalue weighted by Gasteiger charge is 2.16. The monoisotopic (exact) mass is 429 g/mol. The van der Waals surface area contributed by atoms with Gasteiger partial charge in [0.25, 0.3) is 0 Å². The smallest absolute Gasteiger partial charge is 0.375 e. The lowest BCUT2D eigenvalue weighted by atomic mass is 10.0. The molecule has 0 saturated heterocycles. The first-order valence-electron chi connectivity index (χ1n) is 12.3. The highest BCUT2D eigenvalue weighted by Crippen LogP contribution is 2.14. The number of rotatable bonds is 16. The molecule has 0 amide bonds. The molecule has 6 nitrogen and oxygen atoms in total. The van der Waals surface area contributed by atoms with E-state index in [2.05, 4.69) is 17.2 Å². The second-order valence-electron chi connectivity index (χ2n) is 8.43. The lowest BCUT2D eigenvalue weighted by molar-refractivity contribution is -0.137. The standard InChI is InChI=1S/C25H39N3O3/c1-2-3-4-5-6-7-8-9-10-11-12-13-14-15-16-21-24(29)31-25(30)28-23-20-18-17-19-22(23)26-27-28/h17-20H,2-16,21H2,1H3. The summed E-state index contributed by atoms with van der Waals surface area (Å²) >= 11 is 0. The first-order valence-corrected chi connectivity index (χ1v) is 12.3. The van der Waals surface area contributed by atoms with Crippen LogP contribution in [0.25, 0.3) is 11.0 Å². The minimum atomic E-state index is -0.792. The summed E-state index contributed by atoms with van der Waals surface area (Å²) in [6.45, 7) is 2.26. The third kappa shape index (κ3) is 10.1. The zero-order valence-electron chi connectivity index (χ0n) is 19.2. The normalized spacial score (nSPS) is 11.1. The number of aromatic nitrogens is 3. The molecule has 1 aromatic carbocycles. The van der Waals surface area contributed by atoms with E-state index in [-0.39, 0.29) is 6.42 Å². The van der Waals surface area contributed by atoms with Gasteiger partial charge in [0, 0.05) is 6.42 Å². The largest absolute Gasteiger partial charge is 0.444 e. The summed E-state index contributed by atoms with van der Waals surface area (Å²) in [5, 5.41) is 7.66. The van der Waals surface area contributed by atoms with Crippen molar-refractivity contribution in [3.05, 3.63) is 24.3 Å². The van der Waals surface area contributed by atoms with Crippen LogP contribution in [0.15, 0.2) is 24.3 Å². The van der Waals surface area contributed by atoms with E-state index in [1.165, 1.54) is 77.0 Å². The van der Waals surface area contributed by atoms with Gasteiger partial charge >= 0.3 is 12.1 Å². The van der Waals surface area contributed by atoms with Crippen LogP contribution in [0.3, 0.4) is 0 Å². The minimum Gasteiger partial charge on any atom is -0.375 e. The van der Waals surface area contributed by atoms with E-state index in [0.717, 1.165) is 23.9 Å². The zero-order chi connectivity index (χ0) is 22.2. The van der Waals surface area contributed by atoms with Gasteiger partial charge in [-0.25, -0.2) is 4.79 Å². The molecule has 1 aromatic heterocycles. The number of esters is 1. The minimum absolute atomic E-state index is 0.261. The highest BCUT2D eigenvalue weighted by atomic mass is 16.6. The number of hydrogen-bond donors (Lipinski definition) is 0. The van der Waals surface area contributed by atoms with E-state index in [0.29, 0.717) is 11.0 Å². The number of carbonyl (C=O) groups excluding carboxylic acids is 2. The SMILES string of the molecule is CCCCCCCCCCCCCCCCCC(=O)OC(=O)n1nnc2ccccc21. The van der Waals surface area contributed by atoms with Crippen molar-refractivity contribution in [3.8, 4) is 0 Å². The summed E-state index contributed by atoms with van der Waals surface area (Å²) in [6.07, 6.45) is 18.6.